The lowest BCUT2D eigenvalue weighted by molar-refractivity contribution is -0.150. The van der Waals surface area contributed by atoms with Crippen molar-refractivity contribution in [2.45, 2.75) is 83.1 Å². The van der Waals surface area contributed by atoms with Gasteiger partial charge in [-0.05, 0) is 76.3 Å². The Morgan fingerprint density at radius 3 is 2.20 bits per heavy atom. The van der Waals surface area contributed by atoms with Gasteiger partial charge in [0.2, 0.25) is 11.8 Å². The van der Waals surface area contributed by atoms with E-state index in [1.807, 2.05) is 61.5 Å². The number of ether oxygens (including phenoxy) is 1. The average molecular weight is 671 g/mol. The molecule has 3 heterocycles. The summed E-state index contributed by atoms with van der Waals surface area (Å²) in [5.74, 6) is -2.04. The Labute approximate surface area is 292 Å². The zero-order chi connectivity index (χ0) is 35.2. The first-order chi connectivity index (χ1) is 23.7. The summed E-state index contributed by atoms with van der Waals surface area (Å²) >= 11 is 0. The second-order valence-corrected chi connectivity index (χ2v) is 13.8. The summed E-state index contributed by atoms with van der Waals surface area (Å²) < 4.78 is 6.96. The highest BCUT2D eigenvalue weighted by Crippen LogP contribution is 2.63. The minimum Gasteiger partial charge on any atom is -0.396 e. The highest BCUT2D eigenvalue weighted by atomic mass is 16.5. The number of aliphatic hydroxyl groups is 1. The van der Waals surface area contributed by atoms with E-state index in [1.54, 1.807) is 26.9 Å². The molecule has 5 rings (SSSR count). The fourth-order valence-electron chi connectivity index (χ4n) is 8.49. The predicted molar refractivity (Wildman–Crippen MR) is 194 cm³/mol. The van der Waals surface area contributed by atoms with Gasteiger partial charge < -0.3 is 29.4 Å². The van der Waals surface area contributed by atoms with Gasteiger partial charge in [0, 0.05) is 57.3 Å². The molecule has 9 nitrogen and oxygen atoms in total. The molecule has 264 valence electrons. The maximum Gasteiger partial charge on any atom is 0.253 e. The number of anilines is 2. The first-order valence-corrected chi connectivity index (χ1v) is 18.0. The van der Waals surface area contributed by atoms with Gasteiger partial charge in [-0.3, -0.25) is 14.4 Å². The molecule has 2 aromatic rings. The summed E-state index contributed by atoms with van der Waals surface area (Å²) in [6.07, 6.45) is 7.55. The number of nitrogens with zero attached hydrogens (tertiary/aromatic N) is 4. The fourth-order valence-corrected chi connectivity index (χ4v) is 8.49. The van der Waals surface area contributed by atoms with Gasteiger partial charge in [-0.1, -0.05) is 55.3 Å². The maximum absolute atomic E-state index is 15.0. The van der Waals surface area contributed by atoms with Gasteiger partial charge in [-0.2, -0.15) is 0 Å². The van der Waals surface area contributed by atoms with Gasteiger partial charge in [0.15, 0.2) is 0 Å². The third-order valence-corrected chi connectivity index (χ3v) is 10.8. The van der Waals surface area contributed by atoms with E-state index in [-0.39, 0.29) is 30.9 Å². The molecule has 0 aromatic heterocycles. The van der Waals surface area contributed by atoms with E-state index in [0.29, 0.717) is 45.3 Å². The maximum atomic E-state index is 15.0. The van der Waals surface area contributed by atoms with E-state index < -0.39 is 29.1 Å². The van der Waals surface area contributed by atoms with Crippen LogP contribution in [0.1, 0.15) is 64.9 Å². The van der Waals surface area contributed by atoms with Crippen LogP contribution in [0.3, 0.4) is 0 Å². The molecule has 3 aliphatic rings. The van der Waals surface area contributed by atoms with Gasteiger partial charge >= 0.3 is 0 Å². The van der Waals surface area contributed by atoms with Gasteiger partial charge in [0.25, 0.3) is 5.91 Å². The smallest absolute Gasteiger partial charge is 0.253 e. The van der Waals surface area contributed by atoms with Crippen LogP contribution in [0.2, 0.25) is 0 Å². The van der Waals surface area contributed by atoms with Crippen LogP contribution >= 0.6 is 0 Å². The normalized spacial score (nSPS) is 25.3. The van der Waals surface area contributed by atoms with Crippen molar-refractivity contribution in [1.29, 1.82) is 0 Å². The van der Waals surface area contributed by atoms with Gasteiger partial charge in [0.1, 0.15) is 11.6 Å². The number of hydrogen-bond donors (Lipinski definition) is 1. The number of likely N-dealkylation sites (tertiary alicyclic amines) is 1. The molecule has 0 radical (unpaired) electrons. The fraction of sp³-hybridized carbons (Fsp3) is 0.525. The molecule has 9 heteroatoms. The standard InChI is InChI=1S/C40H54N4O5/c1-6-25-42(29-30-17-13-12-14-18-30)36(46)33-34-37(47)44(27-15-10-11-16-28-45)35(40(34)24-23-39(33,5)49-40)38(48)43(26-7-2)32-21-19-31(20-22-32)41(8-3)9-4/h6-7,12-14,17-22,33-35,45H,1-2,8-11,15-16,23-29H2,3-5H3/t33-,34+,35?,39+,40?/m1/s1. The van der Waals surface area contributed by atoms with Crippen molar-refractivity contribution >= 4 is 29.1 Å². The molecular formula is C40H54N4O5. The molecule has 3 amide bonds. The molecule has 49 heavy (non-hydrogen) atoms. The number of carbonyl (C=O) groups is 3. The summed E-state index contributed by atoms with van der Waals surface area (Å²) in [4.78, 5) is 51.8. The van der Waals surface area contributed by atoms with Crippen molar-refractivity contribution in [3.63, 3.8) is 0 Å². The quantitative estimate of drug-likeness (QED) is 0.164. The Morgan fingerprint density at radius 2 is 1.57 bits per heavy atom. The van der Waals surface area contributed by atoms with E-state index >= 15 is 0 Å². The molecule has 3 aliphatic heterocycles. The minimum absolute atomic E-state index is 0.124. The molecule has 0 saturated carbocycles. The molecule has 1 spiro atoms. The third kappa shape index (κ3) is 6.93. The average Bonchev–Trinajstić information content (AvgIpc) is 3.68. The molecular weight excluding hydrogens is 616 g/mol. The van der Waals surface area contributed by atoms with E-state index in [0.717, 1.165) is 42.9 Å². The Balaban J connectivity index is 1.52. The topological polar surface area (TPSA) is 93.6 Å². The SMILES string of the molecule is C=CCN(Cc1ccccc1)C(=O)[C@H]1[C@H]2C(=O)N(CCCCCCO)C(C(=O)N(CC=C)c3ccc(N(CC)CC)cc3)C23CC[C@]1(C)O3. The lowest BCUT2D eigenvalue weighted by atomic mass is 9.66. The molecule has 5 atom stereocenters. The second kappa shape index (κ2) is 15.7. The summed E-state index contributed by atoms with van der Waals surface area (Å²) in [7, 11) is 0. The van der Waals surface area contributed by atoms with Crippen molar-refractivity contribution in [2.75, 3.05) is 49.1 Å². The number of benzene rings is 2. The Kier molecular flexibility index (Phi) is 11.7. The number of carbonyl (C=O) groups excluding carboxylic acids is 3. The lowest BCUT2D eigenvalue weighted by Gasteiger charge is -2.37. The number of unbranched alkanes of at least 4 members (excludes halogenated alkanes) is 3. The largest absolute Gasteiger partial charge is 0.396 e. The monoisotopic (exact) mass is 670 g/mol. The third-order valence-electron chi connectivity index (χ3n) is 10.8. The van der Waals surface area contributed by atoms with Crippen LogP contribution in [0.15, 0.2) is 79.9 Å². The minimum atomic E-state index is -1.12. The van der Waals surface area contributed by atoms with Crippen LogP contribution < -0.4 is 9.80 Å². The van der Waals surface area contributed by atoms with Crippen LogP contribution in [0.25, 0.3) is 0 Å². The molecule has 2 bridgehead atoms. The summed E-state index contributed by atoms with van der Waals surface area (Å²) in [5.41, 5.74) is 0.784. The number of fused-ring (bicyclic) bond motifs is 1. The van der Waals surface area contributed by atoms with Crippen molar-refractivity contribution < 1.29 is 24.2 Å². The highest BCUT2D eigenvalue weighted by Gasteiger charge is 2.78. The van der Waals surface area contributed by atoms with Crippen LogP contribution in [-0.2, 0) is 25.7 Å². The highest BCUT2D eigenvalue weighted by molar-refractivity contribution is 6.05. The van der Waals surface area contributed by atoms with E-state index in [9.17, 15) is 19.5 Å². The van der Waals surface area contributed by atoms with Gasteiger partial charge in [-0.25, -0.2) is 0 Å². The molecule has 1 N–H and O–H groups in total. The number of hydrogen-bond acceptors (Lipinski definition) is 6. The van der Waals surface area contributed by atoms with Crippen LogP contribution in [0, 0.1) is 11.8 Å². The number of aliphatic hydroxyl groups excluding tert-OH is 1. The zero-order valence-corrected chi connectivity index (χ0v) is 29.6. The molecule has 3 saturated heterocycles. The summed E-state index contributed by atoms with van der Waals surface area (Å²) in [6.45, 7) is 17.3. The first-order valence-electron chi connectivity index (χ1n) is 18.0. The molecule has 2 aromatic carbocycles. The van der Waals surface area contributed by atoms with Crippen LogP contribution in [0.4, 0.5) is 11.4 Å². The Morgan fingerprint density at radius 1 is 0.918 bits per heavy atom. The second-order valence-electron chi connectivity index (χ2n) is 13.8. The number of rotatable bonds is 18. The van der Waals surface area contributed by atoms with Crippen LogP contribution in [0.5, 0.6) is 0 Å². The number of amides is 3. The van der Waals surface area contributed by atoms with Crippen molar-refractivity contribution in [3.8, 4) is 0 Å². The zero-order valence-electron chi connectivity index (χ0n) is 29.6. The molecule has 0 aliphatic carbocycles. The van der Waals surface area contributed by atoms with Crippen molar-refractivity contribution in [2.24, 2.45) is 11.8 Å². The first kappa shape index (κ1) is 36.3. The lowest BCUT2D eigenvalue weighted by Crippen LogP contribution is -2.56. The molecule has 2 unspecified atom stereocenters. The van der Waals surface area contributed by atoms with Crippen molar-refractivity contribution in [1.82, 2.24) is 9.80 Å². The predicted octanol–water partition coefficient (Wildman–Crippen LogP) is 5.58. The summed E-state index contributed by atoms with van der Waals surface area (Å²) in [6, 6.07) is 16.9. The summed E-state index contributed by atoms with van der Waals surface area (Å²) in [5, 5.41) is 9.31. The van der Waals surface area contributed by atoms with Gasteiger partial charge in [0.05, 0.1) is 17.4 Å². The van der Waals surface area contributed by atoms with Crippen molar-refractivity contribution in [3.05, 3.63) is 85.5 Å². The van der Waals surface area contributed by atoms with E-state index in [4.69, 9.17) is 4.74 Å². The Bertz CT molecular complexity index is 1480. The molecule has 3 fully saturated rings. The van der Waals surface area contributed by atoms with E-state index in [2.05, 4.69) is 31.9 Å². The van der Waals surface area contributed by atoms with Crippen LogP contribution in [-0.4, -0.2) is 89.2 Å². The van der Waals surface area contributed by atoms with Gasteiger partial charge in [-0.15, -0.1) is 13.2 Å². The van der Waals surface area contributed by atoms with E-state index in [1.165, 1.54) is 0 Å². The Hall–Kier alpha value is -3.95.